The minimum absolute atomic E-state index is 0.00431. The van der Waals surface area contributed by atoms with Crippen molar-refractivity contribution in [2.24, 2.45) is 5.14 Å². The maximum atomic E-state index is 13.0. The molecule has 1 amide bonds. The molecule has 0 unspecified atom stereocenters. The molecule has 0 radical (unpaired) electrons. The number of ether oxygens (including phenoxy) is 2. The fourth-order valence-corrected chi connectivity index (χ4v) is 6.25. The van der Waals surface area contributed by atoms with Crippen LogP contribution >= 0.6 is 22.9 Å². The van der Waals surface area contributed by atoms with Crippen molar-refractivity contribution in [2.45, 2.75) is 23.7 Å². The van der Waals surface area contributed by atoms with Gasteiger partial charge < -0.3 is 14.4 Å². The van der Waals surface area contributed by atoms with Gasteiger partial charge in [0.1, 0.15) is 18.1 Å². The molecule has 11 heteroatoms. The van der Waals surface area contributed by atoms with Gasteiger partial charge in [-0.3, -0.25) is 4.79 Å². The van der Waals surface area contributed by atoms with Crippen LogP contribution in [0.1, 0.15) is 34.1 Å². The van der Waals surface area contributed by atoms with E-state index in [1.807, 2.05) is 23.6 Å². The fraction of sp³-hybridized carbons (Fsp3) is 0.304. The fourth-order valence-electron chi connectivity index (χ4n) is 4.18. The summed E-state index contributed by atoms with van der Waals surface area (Å²) >= 11 is 7.56. The zero-order valence-electron chi connectivity index (χ0n) is 18.1. The summed E-state index contributed by atoms with van der Waals surface area (Å²) in [5.74, 6) is 1.50. The first kappa shape index (κ1) is 23.1. The number of nitrogens with two attached hydrogens (primary N) is 1. The molecule has 1 saturated heterocycles. The Balaban J connectivity index is 1.26. The number of aromatic nitrogens is 1. The van der Waals surface area contributed by atoms with Crippen LogP contribution in [-0.2, 0) is 10.0 Å². The van der Waals surface area contributed by atoms with Crippen LogP contribution in [0.2, 0.25) is 5.02 Å². The molecule has 1 aromatic heterocycles. The maximum absolute atomic E-state index is 13.0. The van der Waals surface area contributed by atoms with E-state index in [9.17, 15) is 13.2 Å². The van der Waals surface area contributed by atoms with E-state index in [2.05, 4.69) is 0 Å². The number of benzene rings is 2. The third kappa shape index (κ3) is 4.63. The first-order valence-electron chi connectivity index (χ1n) is 10.8. The number of likely N-dealkylation sites (tertiary alicyclic amines) is 1. The number of sulfonamides is 1. The molecular weight excluding hydrogens is 498 g/mol. The minimum Gasteiger partial charge on any atom is -0.486 e. The van der Waals surface area contributed by atoms with Gasteiger partial charge in [-0.05, 0) is 49.2 Å². The number of hydrogen-bond acceptors (Lipinski definition) is 7. The summed E-state index contributed by atoms with van der Waals surface area (Å²) in [5.41, 5.74) is 2.13. The lowest BCUT2D eigenvalue weighted by molar-refractivity contribution is 0.0712. The van der Waals surface area contributed by atoms with Crippen LogP contribution < -0.4 is 14.6 Å². The molecule has 178 valence electrons. The highest BCUT2D eigenvalue weighted by Crippen LogP contribution is 2.37. The molecule has 34 heavy (non-hydrogen) atoms. The van der Waals surface area contributed by atoms with E-state index < -0.39 is 10.0 Å². The number of fused-ring (bicyclic) bond motifs is 1. The standard InChI is InChI=1S/C23H22ClN3O5S2/c24-17-3-1-16(12-21(17)34(25,29)30)23(28)27-7-5-14(6-8-27)22-26-18(13-33-22)15-2-4-19-20(11-15)32-10-9-31-19/h1-4,11-14H,5-10H2,(H2,25,29,30). The Hall–Kier alpha value is -2.66. The summed E-state index contributed by atoms with van der Waals surface area (Å²) in [6.45, 7) is 2.20. The SMILES string of the molecule is NS(=O)(=O)c1cc(C(=O)N2CCC(c3nc(-c4ccc5c(c4)OCCO5)cs3)CC2)ccc1Cl. The van der Waals surface area contributed by atoms with Crippen LogP contribution in [0.5, 0.6) is 11.5 Å². The number of nitrogens with zero attached hydrogens (tertiary/aromatic N) is 2. The quantitative estimate of drug-likeness (QED) is 0.559. The van der Waals surface area contributed by atoms with Gasteiger partial charge in [-0.1, -0.05) is 11.6 Å². The highest BCUT2D eigenvalue weighted by atomic mass is 35.5. The van der Waals surface area contributed by atoms with Gasteiger partial charge in [0.2, 0.25) is 10.0 Å². The van der Waals surface area contributed by atoms with Crippen molar-refractivity contribution in [2.75, 3.05) is 26.3 Å². The van der Waals surface area contributed by atoms with E-state index in [0.29, 0.717) is 26.3 Å². The summed E-state index contributed by atoms with van der Waals surface area (Å²) in [7, 11) is -4.02. The molecule has 0 spiro atoms. The van der Waals surface area contributed by atoms with Gasteiger partial charge in [-0.2, -0.15) is 0 Å². The van der Waals surface area contributed by atoms with Crippen molar-refractivity contribution in [3.8, 4) is 22.8 Å². The molecule has 5 rings (SSSR count). The topological polar surface area (TPSA) is 112 Å². The van der Waals surface area contributed by atoms with Crippen LogP contribution in [0.15, 0.2) is 46.7 Å². The second kappa shape index (κ2) is 9.18. The Morgan fingerprint density at radius 2 is 1.82 bits per heavy atom. The second-order valence-corrected chi connectivity index (χ2v) is 11.0. The van der Waals surface area contributed by atoms with Gasteiger partial charge in [-0.25, -0.2) is 18.5 Å². The van der Waals surface area contributed by atoms with Crippen molar-refractivity contribution in [3.63, 3.8) is 0 Å². The van der Waals surface area contributed by atoms with E-state index in [1.165, 1.54) is 18.2 Å². The smallest absolute Gasteiger partial charge is 0.253 e. The highest BCUT2D eigenvalue weighted by Gasteiger charge is 2.27. The normalized spacial score (nSPS) is 16.5. The number of thiazole rings is 1. The van der Waals surface area contributed by atoms with Gasteiger partial charge in [0.25, 0.3) is 5.91 Å². The summed E-state index contributed by atoms with van der Waals surface area (Å²) in [5, 5.41) is 8.29. The van der Waals surface area contributed by atoms with Gasteiger partial charge in [0, 0.05) is 35.5 Å². The number of piperidine rings is 1. The molecule has 2 aliphatic rings. The van der Waals surface area contributed by atoms with Gasteiger partial charge >= 0.3 is 0 Å². The number of primary sulfonamides is 1. The third-order valence-electron chi connectivity index (χ3n) is 5.98. The number of carbonyl (C=O) groups is 1. The summed E-state index contributed by atoms with van der Waals surface area (Å²) in [4.78, 5) is 19.3. The zero-order chi connectivity index (χ0) is 23.9. The zero-order valence-corrected chi connectivity index (χ0v) is 20.5. The molecule has 3 aromatic rings. The number of hydrogen-bond donors (Lipinski definition) is 1. The first-order valence-corrected chi connectivity index (χ1v) is 13.6. The molecule has 2 N–H and O–H groups in total. The van der Waals surface area contributed by atoms with Crippen molar-refractivity contribution in [1.29, 1.82) is 0 Å². The Morgan fingerprint density at radius 3 is 2.56 bits per heavy atom. The van der Waals surface area contributed by atoms with Gasteiger partial charge in [0.05, 0.1) is 15.7 Å². The Kier molecular flexibility index (Phi) is 6.24. The average molecular weight is 520 g/mol. The van der Waals surface area contributed by atoms with E-state index >= 15 is 0 Å². The average Bonchev–Trinajstić information content (AvgIpc) is 3.33. The van der Waals surface area contributed by atoms with E-state index in [4.69, 9.17) is 31.2 Å². The van der Waals surface area contributed by atoms with Crippen LogP contribution in [-0.4, -0.2) is 50.5 Å². The van der Waals surface area contributed by atoms with E-state index in [0.717, 1.165) is 40.6 Å². The molecule has 3 heterocycles. The molecule has 2 aromatic carbocycles. The third-order valence-corrected chi connectivity index (χ3v) is 8.38. The molecule has 0 aliphatic carbocycles. The first-order chi connectivity index (χ1) is 16.3. The van der Waals surface area contributed by atoms with Crippen LogP contribution in [0, 0.1) is 0 Å². The minimum atomic E-state index is -4.02. The number of amides is 1. The highest BCUT2D eigenvalue weighted by molar-refractivity contribution is 7.89. The number of halogens is 1. The van der Waals surface area contributed by atoms with Gasteiger partial charge in [0.15, 0.2) is 11.5 Å². The summed E-state index contributed by atoms with van der Waals surface area (Å²) in [6, 6.07) is 9.99. The van der Waals surface area contributed by atoms with Crippen LogP contribution in [0.3, 0.4) is 0 Å². The molecule has 0 saturated carbocycles. The Bertz CT molecular complexity index is 1350. The molecule has 2 aliphatic heterocycles. The molecule has 1 fully saturated rings. The van der Waals surface area contributed by atoms with Crippen LogP contribution in [0.25, 0.3) is 11.3 Å². The molecular formula is C23H22ClN3O5S2. The predicted octanol–water partition coefficient (Wildman–Crippen LogP) is 3.90. The molecule has 0 atom stereocenters. The molecule has 0 bridgehead atoms. The largest absolute Gasteiger partial charge is 0.486 e. The van der Waals surface area contributed by atoms with E-state index in [-0.39, 0.29) is 27.3 Å². The van der Waals surface area contributed by atoms with Crippen molar-refractivity contribution in [3.05, 3.63) is 57.4 Å². The maximum Gasteiger partial charge on any atom is 0.253 e. The van der Waals surface area contributed by atoms with Crippen LogP contribution in [0.4, 0.5) is 0 Å². The summed E-state index contributed by atoms with van der Waals surface area (Å²) in [6.07, 6.45) is 1.55. The second-order valence-electron chi connectivity index (χ2n) is 8.19. The van der Waals surface area contributed by atoms with Gasteiger partial charge in [-0.15, -0.1) is 11.3 Å². The molecule has 8 nitrogen and oxygen atoms in total. The Labute approximate surface area is 206 Å². The number of rotatable bonds is 4. The Morgan fingerprint density at radius 1 is 1.09 bits per heavy atom. The lowest BCUT2D eigenvalue weighted by atomic mass is 9.97. The number of carbonyl (C=O) groups excluding carboxylic acids is 1. The predicted molar refractivity (Wildman–Crippen MR) is 129 cm³/mol. The van der Waals surface area contributed by atoms with Crippen molar-refractivity contribution in [1.82, 2.24) is 9.88 Å². The lowest BCUT2D eigenvalue weighted by Gasteiger charge is -2.31. The van der Waals surface area contributed by atoms with E-state index in [1.54, 1.807) is 16.2 Å². The van der Waals surface area contributed by atoms with Crippen molar-refractivity contribution < 1.29 is 22.7 Å². The van der Waals surface area contributed by atoms with Crippen molar-refractivity contribution >= 4 is 38.9 Å². The summed E-state index contributed by atoms with van der Waals surface area (Å²) < 4.78 is 34.7. The monoisotopic (exact) mass is 519 g/mol. The lowest BCUT2D eigenvalue weighted by Crippen LogP contribution is -2.38.